The molecular weight excluding hydrogens is 395 g/mol. The van der Waals surface area contributed by atoms with Crippen molar-refractivity contribution in [1.29, 1.82) is 0 Å². The quantitative estimate of drug-likeness (QED) is 0.589. The molecule has 150 valence electrons. The van der Waals surface area contributed by atoms with Crippen LogP contribution >= 0.6 is 11.3 Å². The molecule has 1 aliphatic heterocycles. The van der Waals surface area contributed by atoms with Crippen molar-refractivity contribution in [2.45, 2.75) is 19.6 Å². The Bertz CT molecular complexity index is 1010. The standard InChI is InChI=1S/C21H19FN2O4S/c1-24(10-14-2-7-18-19(8-14)28-13-27-18)21(25)9-16-12-29-20(23-16)11-26-17-5-3-15(22)4-6-17/h2-8,12H,9-11,13H2,1H3. The molecule has 0 N–H and O–H groups in total. The summed E-state index contributed by atoms with van der Waals surface area (Å²) in [5.74, 6) is 1.66. The topological polar surface area (TPSA) is 60.9 Å². The van der Waals surface area contributed by atoms with Crippen molar-refractivity contribution in [3.63, 3.8) is 0 Å². The lowest BCUT2D eigenvalue weighted by Crippen LogP contribution is -2.27. The van der Waals surface area contributed by atoms with Crippen LogP contribution in [0.1, 0.15) is 16.3 Å². The number of carbonyl (C=O) groups is 1. The number of hydrogen-bond acceptors (Lipinski definition) is 6. The number of hydrogen-bond donors (Lipinski definition) is 0. The summed E-state index contributed by atoms with van der Waals surface area (Å²) in [6, 6.07) is 11.5. The van der Waals surface area contributed by atoms with Gasteiger partial charge in [-0.2, -0.15) is 0 Å². The third-order valence-corrected chi connectivity index (χ3v) is 5.26. The van der Waals surface area contributed by atoms with E-state index in [2.05, 4.69) is 4.98 Å². The highest BCUT2D eigenvalue weighted by atomic mass is 32.1. The van der Waals surface area contributed by atoms with Crippen LogP contribution in [-0.4, -0.2) is 29.6 Å². The molecule has 1 aromatic heterocycles. The van der Waals surface area contributed by atoms with Crippen molar-refractivity contribution in [1.82, 2.24) is 9.88 Å². The lowest BCUT2D eigenvalue weighted by molar-refractivity contribution is -0.129. The molecule has 3 aromatic rings. The molecule has 29 heavy (non-hydrogen) atoms. The van der Waals surface area contributed by atoms with Gasteiger partial charge in [0.05, 0.1) is 12.1 Å². The summed E-state index contributed by atoms with van der Waals surface area (Å²) in [5, 5.41) is 2.62. The fourth-order valence-corrected chi connectivity index (χ4v) is 3.57. The van der Waals surface area contributed by atoms with Crippen molar-refractivity contribution in [2.75, 3.05) is 13.8 Å². The zero-order chi connectivity index (χ0) is 20.2. The number of ether oxygens (including phenoxy) is 3. The fourth-order valence-electron chi connectivity index (χ4n) is 2.86. The van der Waals surface area contributed by atoms with Crippen LogP contribution in [0.15, 0.2) is 47.8 Å². The maximum Gasteiger partial charge on any atom is 0.231 e. The summed E-state index contributed by atoms with van der Waals surface area (Å²) in [4.78, 5) is 18.7. The molecule has 0 aliphatic carbocycles. The molecule has 0 fully saturated rings. The number of benzene rings is 2. The normalized spacial score (nSPS) is 12.1. The van der Waals surface area contributed by atoms with E-state index in [-0.39, 0.29) is 31.5 Å². The monoisotopic (exact) mass is 414 g/mol. The minimum absolute atomic E-state index is 0.0287. The molecule has 0 atom stereocenters. The zero-order valence-corrected chi connectivity index (χ0v) is 16.6. The molecule has 6 nitrogen and oxygen atoms in total. The number of likely N-dealkylation sites (N-methyl/N-ethyl adjacent to an activating group) is 1. The van der Waals surface area contributed by atoms with Gasteiger partial charge in [-0.3, -0.25) is 4.79 Å². The molecule has 4 rings (SSSR count). The minimum atomic E-state index is -0.308. The minimum Gasteiger partial charge on any atom is -0.486 e. The molecule has 1 amide bonds. The number of thiazole rings is 1. The third kappa shape index (κ3) is 4.83. The predicted molar refractivity (Wildman–Crippen MR) is 106 cm³/mol. The predicted octanol–water partition coefficient (Wildman–Crippen LogP) is 3.79. The van der Waals surface area contributed by atoms with Gasteiger partial charge in [-0.1, -0.05) is 6.07 Å². The summed E-state index contributed by atoms with van der Waals surface area (Å²) in [7, 11) is 1.76. The van der Waals surface area contributed by atoms with Gasteiger partial charge in [-0.25, -0.2) is 9.37 Å². The molecule has 0 spiro atoms. The molecule has 0 bridgehead atoms. The molecule has 0 radical (unpaired) electrons. The Morgan fingerprint density at radius 1 is 1.21 bits per heavy atom. The molecule has 0 saturated carbocycles. The molecule has 1 aliphatic rings. The number of carbonyl (C=O) groups excluding carboxylic acids is 1. The van der Waals surface area contributed by atoms with Crippen molar-refractivity contribution >= 4 is 17.2 Å². The Kier molecular flexibility index (Phi) is 5.62. The zero-order valence-electron chi connectivity index (χ0n) is 15.8. The van der Waals surface area contributed by atoms with Crippen LogP contribution in [0.4, 0.5) is 4.39 Å². The van der Waals surface area contributed by atoms with Gasteiger partial charge in [0.1, 0.15) is 23.2 Å². The first kappa shape index (κ1) is 19.2. The van der Waals surface area contributed by atoms with E-state index in [1.807, 2.05) is 23.6 Å². The van der Waals surface area contributed by atoms with E-state index in [4.69, 9.17) is 14.2 Å². The molecule has 2 aromatic carbocycles. The first-order chi connectivity index (χ1) is 14.1. The Labute approximate surface area is 171 Å². The van der Waals surface area contributed by atoms with E-state index in [1.165, 1.54) is 23.5 Å². The lowest BCUT2D eigenvalue weighted by Gasteiger charge is -2.17. The highest BCUT2D eigenvalue weighted by Crippen LogP contribution is 2.32. The molecule has 8 heteroatoms. The number of aromatic nitrogens is 1. The third-order valence-electron chi connectivity index (χ3n) is 4.39. The van der Waals surface area contributed by atoms with E-state index in [0.717, 1.165) is 16.3 Å². The van der Waals surface area contributed by atoms with Gasteiger partial charge in [0.15, 0.2) is 11.5 Å². The van der Waals surface area contributed by atoms with Crippen LogP contribution in [0.5, 0.6) is 17.2 Å². The van der Waals surface area contributed by atoms with Crippen LogP contribution in [0.2, 0.25) is 0 Å². The molecule has 0 unspecified atom stereocenters. The Morgan fingerprint density at radius 3 is 2.83 bits per heavy atom. The number of halogens is 1. The summed E-state index contributed by atoms with van der Waals surface area (Å²) in [6.45, 7) is 0.974. The number of rotatable bonds is 7. The van der Waals surface area contributed by atoms with Gasteiger partial charge in [0.2, 0.25) is 12.7 Å². The van der Waals surface area contributed by atoms with Gasteiger partial charge in [-0.15, -0.1) is 11.3 Å². The van der Waals surface area contributed by atoms with Crippen molar-refractivity contribution in [2.24, 2.45) is 0 Å². The summed E-state index contributed by atoms with van der Waals surface area (Å²) >= 11 is 1.43. The van der Waals surface area contributed by atoms with Gasteiger partial charge >= 0.3 is 0 Å². The van der Waals surface area contributed by atoms with Crippen LogP contribution in [0.3, 0.4) is 0 Å². The molecule has 2 heterocycles. The van der Waals surface area contributed by atoms with Crippen molar-refractivity contribution in [3.05, 3.63) is 69.9 Å². The summed E-state index contributed by atoms with van der Waals surface area (Å²) in [5.41, 5.74) is 1.67. The summed E-state index contributed by atoms with van der Waals surface area (Å²) < 4.78 is 29.2. The highest BCUT2D eigenvalue weighted by molar-refractivity contribution is 7.09. The molecule has 0 saturated heterocycles. The van der Waals surface area contributed by atoms with E-state index < -0.39 is 0 Å². The van der Waals surface area contributed by atoms with Crippen LogP contribution in [0.25, 0.3) is 0 Å². The second kappa shape index (κ2) is 8.48. The van der Waals surface area contributed by atoms with E-state index in [0.29, 0.717) is 23.7 Å². The highest BCUT2D eigenvalue weighted by Gasteiger charge is 2.16. The van der Waals surface area contributed by atoms with E-state index in [1.54, 1.807) is 24.1 Å². The van der Waals surface area contributed by atoms with Gasteiger partial charge < -0.3 is 19.1 Å². The van der Waals surface area contributed by atoms with E-state index >= 15 is 0 Å². The largest absolute Gasteiger partial charge is 0.486 e. The fraction of sp³-hybridized carbons (Fsp3) is 0.238. The Morgan fingerprint density at radius 2 is 2.00 bits per heavy atom. The number of fused-ring (bicyclic) bond motifs is 1. The smallest absolute Gasteiger partial charge is 0.231 e. The first-order valence-corrected chi connectivity index (χ1v) is 9.89. The van der Waals surface area contributed by atoms with Gasteiger partial charge in [0.25, 0.3) is 0 Å². The second-order valence-corrected chi connectivity index (χ2v) is 7.53. The average molecular weight is 414 g/mol. The Hall–Kier alpha value is -3.13. The van der Waals surface area contributed by atoms with Gasteiger partial charge in [-0.05, 0) is 42.0 Å². The van der Waals surface area contributed by atoms with Crippen molar-refractivity contribution < 1.29 is 23.4 Å². The Balaban J connectivity index is 1.29. The van der Waals surface area contributed by atoms with Crippen LogP contribution in [-0.2, 0) is 24.4 Å². The van der Waals surface area contributed by atoms with E-state index in [9.17, 15) is 9.18 Å². The first-order valence-electron chi connectivity index (χ1n) is 9.01. The number of nitrogens with zero attached hydrogens (tertiary/aromatic N) is 2. The van der Waals surface area contributed by atoms with Crippen molar-refractivity contribution in [3.8, 4) is 17.2 Å². The number of amides is 1. The van der Waals surface area contributed by atoms with Gasteiger partial charge in [0, 0.05) is 19.0 Å². The lowest BCUT2D eigenvalue weighted by atomic mass is 10.2. The van der Waals surface area contributed by atoms with Crippen LogP contribution in [0, 0.1) is 5.82 Å². The molecular formula is C21H19FN2O4S. The SMILES string of the molecule is CN(Cc1ccc2c(c1)OCO2)C(=O)Cc1csc(COc2ccc(F)cc2)n1. The summed E-state index contributed by atoms with van der Waals surface area (Å²) in [6.07, 6.45) is 0.216. The second-order valence-electron chi connectivity index (χ2n) is 6.59. The maximum absolute atomic E-state index is 12.9. The average Bonchev–Trinajstić information content (AvgIpc) is 3.36. The maximum atomic E-state index is 12.9. The van der Waals surface area contributed by atoms with Crippen LogP contribution < -0.4 is 14.2 Å².